The minimum absolute atomic E-state index is 0.0219. The summed E-state index contributed by atoms with van der Waals surface area (Å²) in [6.45, 7) is 1.57. The van der Waals surface area contributed by atoms with Gasteiger partial charge in [0.25, 0.3) is 0 Å². The Hall–Kier alpha value is -6.05. The minimum Gasteiger partial charge on any atom is -0.480 e. The number of nitrogen functional groups attached to an aromatic ring is 1. The number of aromatic nitrogens is 2. The van der Waals surface area contributed by atoms with E-state index in [0.717, 1.165) is 0 Å². The Morgan fingerprint density at radius 2 is 1.38 bits per heavy atom. The predicted molar refractivity (Wildman–Crippen MR) is 180 cm³/mol. The third-order valence-electron chi connectivity index (χ3n) is 6.32. The Bertz CT molecular complexity index is 1600. The summed E-state index contributed by atoms with van der Waals surface area (Å²) >= 11 is 5.97. The molecular formula is C29H39ClN12O8. The van der Waals surface area contributed by atoms with Gasteiger partial charge in [0.1, 0.15) is 12.1 Å². The first-order valence-electron chi connectivity index (χ1n) is 14.9. The number of benzene rings is 1. The maximum Gasteiger partial charge on any atom is 0.326 e. The molecule has 0 aliphatic rings. The molecule has 1 aromatic heterocycles. The second-order valence-corrected chi connectivity index (χ2v) is 11.3. The SMILES string of the molecule is CC(C)C[C@H](NC(=O)C(Cc1ccccc1)NC(=O)CNC(=O)CNC(=O)CNC(=O)CNc1nc(N)c(C(=O)N=C(N)N)nc1Cl)C(=O)O. The predicted octanol–water partition coefficient (Wildman–Crippen LogP) is -2.77. The fourth-order valence-corrected chi connectivity index (χ4v) is 4.22. The van der Waals surface area contributed by atoms with Crippen molar-refractivity contribution < 1.29 is 38.7 Å². The first kappa shape index (κ1) is 40.1. The fraction of sp³-hybridized carbons (Fsp3) is 0.379. The van der Waals surface area contributed by atoms with Gasteiger partial charge < -0.3 is 54.2 Å². The van der Waals surface area contributed by atoms with Gasteiger partial charge in [0, 0.05) is 6.42 Å². The number of carboxylic acid groups (broad SMARTS) is 1. The standard InChI is InChI=1S/C29H39ClN12O8/c1-14(2)8-17(28(49)50)39-26(47)16(9-15-6-4-3-5-7-15)38-21(46)13-36-19(44)11-34-18(43)10-35-20(45)12-37-25-23(30)40-22(24(31)41-25)27(48)42-29(32)33/h3-7,14,16-17H,8-13H2,1-2H3,(H,34,43)(H,35,45)(H,36,44)(H,38,46)(H,39,47)(H,49,50)(H3,31,37,41)(H4,32,33,42,48)/t16?,17-/m0/s1. The van der Waals surface area contributed by atoms with E-state index < -0.39 is 91.3 Å². The van der Waals surface area contributed by atoms with Crippen molar-refractivity contribution in [1.29, 1.82) is 0 Å². The molecule has 2 atom stereocenters. The zero-order valence-electron chi connectivity index (χ0n) is 27.1. The number of halogens is 1. The lowest BCUT2D eigenvalue weighted by atomic mass is 10.0. The van der Waals surface area contributed by atoms with Crippen molar-refractivity contribution in [2.75, 3.05) is 37.2 Å². The van der Waals surface area contributed by atoms with E-state index in [1.807, 2.05) is 13.8 Å². The number of nitrogens with zero attached hydrogens (tertiary/aromatic N) is 3. The Kier molecular flexibility index (Phi) is 15.8. The highest BCUT2D eigenvalue weighted by Crippen LogP contribution is 2.20. The molecule has 13 N–H and O–H groups in total. The third kappa shape index (κ3) is 14.4. The first-order chi connectivity index (χ1) is 23.5. The van der Waals surface area contributed by atoms with Crippen molar-refractivity contribution in [3.63, 3.8) is 0 Å². The zero-order chi connectivity index (χ0) is 37.4. The normalized spacial score (nSPS) is 11.7. The molecule has 1 unspecified atom stereocenters. The molecule has 0 aliphatic carbocycles. The number of aliphatic carboxylic acids is 1. The number of carboxylic acids is 1. The summed E-state index contributed by atoms with van der Waals surface area (Å²) in [6.07, 6.45) is 0.233. The molecule has 0 spiro atoms. The number of hydrogen-bond acceptors (Lipinski definition) is 11. The average molecular weight is 719 g/mol. The van der Waals surface area contributed by atoms with Gasteiger partial charge in [0.05, 0.1) is 26.2 Å². The molecule has 270 valence electrons. The Morgan fingerprint density at radius 1 is 0.820 bits per heavy atom. The van der Waals surface area contributed by atoms with Crippen molar-refractivity contribution >= 4 is 70.6 Å². The van der Waals surface area contributed by atoms with Crippen molar-refractivity contribution in [2.45, 2.75) is 38.8 Å². The number of rotatable bonds is 18. The van der Waals surface area contributed by atoms with Crippen molar-refractivity contribution in [3.8, 4) is 0 Å². The third-order valence-corrected chi connectivity index (χ3v) is 6.59. The maximum atomic E-state index is 13.0. The molecule has 20 nitrogen and oxygen atoms in total. The van der Waals surface area contributed by atoms with Gasteiger partial charge in [-0.15, -0.1) is 0 Å². The van der Waals surface area contributed by atoms with E-state index in [1.165, 1.54) is 0 Å². The molecule has 1 heterocycles. The van der Waals surface area contributed by atoms with Gasteiger partial charge >= 0.3 is 11.9 Å². The summed E-state index contributed by atoms with van der Waals surface area (Å²) in [5.41, 5.74) is 16.3. The van der Waals surface area contributed by atoms with Crippen LogP contribution in [-0.2, 0) is 35.2 Å². The van der Waals surface area contributed by atoms with Gasteiger partial charge in [-0.1, -0.05) is 55.8 Å². The molecule has 0 saturated carbocycles. The number of aliphatic imine (C=N–C) groups is 1. The van der Waals surface area contributed by atoms with Crippen LogP contribution in [0.3, 0.4) is 0 Å². The fourth-order valence-electron chi connectivity index (χ4n) is 4.03. The summed E-state index contributed by atoms with van der Waals surface area (Å²) in [7, 11) is 0. The highest BCUT2D eigenvalue weighted by Gasteiger charge is 2.27. The molecule has 1 aromatic carbocycles. The zero-order valence-corrected chi connectivity index (χ0v) is 27.9. The lowest BCUT2D eigenvalue weighted by Crippen LogP contribution is -2.54. The van der Waals surface area contributed by atoms with Gasteiger partial charge in [0.15, 0.2) is 28.4 Å². The maximum absolute atomic E-state index is 13.0. The summed E-state index contributed by atoms with van der Waals surface area (Å²) in [5, 5.41) is 23.6. The van der Waals surface area contributed by atoms with Crippen LogP contribution in [0.15, 0.2) is 35.3 Å². The highest BCUT2D eigenvalue weighted by molar-refractivity contribution is 6.32. The van der Waals surface area contributed by atoms with E-state index in [9.17, 15) is 38.7 Å². The Labute approximate surface area is 290 Å². The van der Waals surface area contributed by atoms with Crippen LogP contribution >= 0.6 is 11.6 Å². The summed E-state index contributed by atoms with van der Waals surface area (Å²) < 4.78 is 0. The van der Waals surface area contributed by atoms with E-state index >= 15 is 0 Å². The highest BCUT2D eigenvalue weighted by atomic mass is 35.5. The van der Waals surface area contributed by atoms with Crippen LogP contribution in [0, 0.1) is 5.92 Å². The first-order valence-corrected chi connectivity index (χ1v) is 15.3. The lowest BCUT2D eigenvalue weighted by molar-refractivity contribution is -0.142. The van der Waals surface area contributed by atoms with Crippen LogP contribution in [0.2, 0.25) is 5.15 Å². The number of anilines is 2. The molecule has 21 heteroatoms. The van der Waals surface area contributed by atoms with Crippen LogP contribution in [0.25, 0.3) is 0 Å². The molecule has 50 heavy (non-hydrogen) atoms. The number of hydrogen-bond donors (Lipinski definition) is 10. The molecular weight excluding hydrogens is 680 g/mol. The molecule has 0 bridgehead atoms. The molecule has 0 fully saturated rings. The van der Waals surface area contributed by atoms with E-state index in [-0.39, 0.29) is 35.5 Å². The second kappa shape index (κ2) is 19.7. The average Bonchev–Trinajstić information content (AvgIpc) is 3.04. The smallest absolute Gasteiger partial charge is 0.326 e. The van der Waals surface area contributed by atoms with E-state index in [4.69, 9.17) is 28.8 Å². The van der Waals surface area contributed by atoms with Gasteiger partial charge in [-0.05, 0) is 17.9 Å². The number of carbonyl (C=O) groups is 7. The van der Waals surface area contributed by atoms with Gasteiger partial charge in [0.2, 0.25) is 29.5 Å². The van der Waals surface area contributed by atoms with Crippen LogP contribution in [-0.4, -0.2) is 101 Å². The summed E-state index contributed by atoms with van der Waals surface area (Å²) in [4.78, 5) is 96.6. The van der Waals surface area contributed by atoms with E-state index in [2.05, 4.69) is 46.9 Å². The molecule has 6 amide bonds. The monoisotopic (exact) mass is 718 g/mol. The summed E-state index contributed by atoms with van der Waals surface area (Å²) in [5.74, 6) is -6.88. The summed E-state index contributed by atoms with van der Waals surface area (Å²) in [6, 6.07) is 6.43. The molecule has 0 saturated heterocycles. The Balaban J connectivity index is 1.81. The quantitative estimate of drug-likeness (QED) is 0.0551. The van der Waals surface area contributed by atoms with Crippen LogP contribution in [0.5, 0.6) is 0 Å². The second-order valence-electron chi connectivity index (χ2n) is 11.0. The number of amides is 6. The molecule has 0 aliphatic heterocycles. The van der Waals surface area contributed by atoms with Gasteiger partial charge in [-0.25, -0.2) is 14.8 Å². The van der Waals surface area contributed by atoms with Gasteiger partial charge in [-0.2, -0.15) is 4.99 Å². The van der Waals surface area contributed by atoms with E-state index in [1.54, 1.807) is 30.3 Å². The van der Waals surface area contributed by atoms with Crippen molar-refractivity contribution in [2.24, 2.45) is 22.4 Å². The largest absolute Gasteiger partial charge is 0.480 e. The van der Waals surface area contributed by atoms with E-state index in [0.29, 0.717) is 5.56 Å². The minimum atomic E-state index is -1.21. The van der Waals surface area contributed by atoms with Crippen LogP contribution < -0.4 is 49.1 Å². The lowest BCUT2D eigenvalue weighted by Gasteiger charge is -2.22. The number of guanidine groups is 1. The Morgan fingerprint density at radius 3 is 1.92 bits per heavy atom. The van der Waals surface area contributed by atoms with Crippen LogP contribution in [0.4, 0.5) is 11.6 Å². The van der Waals surface area contributed by atoms with Crippen LogP contribution in [0.1, 0.15) is 36.3 Å². The van der Waals surface area contributed by atoms with Crippen molar-refractivity contribution in [3.05, 3.63) is 46.7 Å². The van der Waals surface area contributed by atoms with Crippen molar-refractivity contribution in [1.82, 2.24) is 36.6 Å². The number of nitrogens with one attached hydrogen (secondary N) is 6. The number of carbonyl (C=O) groups excluding carboxylic acids is 6. The molecule has 0 radical (unpaired) electrons. The number of nitrogens with two attached hydrogens (primary N) is 3. The molecule has 2 aromatic rings. The van der Waals surface area contributed by atoms with Gasteiger partial charge in [-0.3, -0.25) is 28.8 Å². The molecule has 2 rings (SSSR count). The topological polar surface area (TPSA) is 328 Å².